The van der Waals surface area contributed by atoms with Crippen LogP contribution in [0, 0.1) is 0 Å². The molecule has 282 valence electrons. The molecule has 1 aromatic rings. The van der Waals surface area contributed by atoms with Gasteiger partial charge in [-0.3, -0.25) is 33.0 Å². The molecule has 3 unspecified atom stereocenters. The van der Waals surface area contributed by atoms with Gasteiger partial charge in [0.05, 0.1) is 13.2 Å². The van der Waals surface area contributed by atoms with Crippen molar-refractivity contribution in [2.45, 2.75) is 148 Å². The number of aromatic amines is 1. The van der Waals surface area contributed by atoms with Crippen molar-refractivity contribution in [1.29, 1.82) is 0 Å². The second-order valence-corrected chi connectivity index (χ2v) is 16.4. The van der Waals surface area contributed by atoms with Crippen molar-refractivity contribution in [3.8, 4) is 0 Å². The number of rotatable bonds is 28. The van der Waals surface area contributed by atoms with Gasteiger partial charge in [0, 0.05) is 37.6 Å². The highest BCUT2D eigenvalue weighted by Gasteiger charge is 2.51. The standard InChI is InChI=1S/C33H57N2O11PS2/c1-4-5-6-7-8-9-10-11-12-13-14-15-16-17-18-19-23-48-49-24-22-42-47(40,41)43-25-28-30(44-26(2)36)31(45-27(3)37)32(46-28)35-21-20-29(38)34-33(35)39/h20-21,28,30-32H,4-19,22-25H2,1-3H3,(H,40,41)(H,34,38,39)/t28?,30-,31-,32?/m1/s1. The predicted molar refractivity (Wildman–Crippen MR) is 193 cm³/mol. The number of phosphoric acid groups is 1. The normalized spacial score (nSPS) is 20.2. The van der Waals surface area contributed by atoms with Gasteiger partial charge in [0.2, 0.25) is 0 Å². The lowest BCUT2D eigenvalue weighted by Crippen LogP contribution is -2.42. The summed E-state index contributed by atoms with van der Waals surface area (Å²) in [7, 11) is -1.27. The molecule has 13 nitrogen and oxygen atoms in total. The number of unbranched alkanes of at least 4 members (excludes halogenated alkanes) is 15. The Kier molecular flexibility index (Phi) is 22.5. The molecule has 0 spiro atoms. The molecule has 0 saturated carbocycles. The van der Waals surface area contributed by atoms with E-state index in [2.05, 4.69) is 11.9 Å². The van der Waals surface area contributed by atoms with Crippen LogP contribution in [-0.4, -0.2) is 69.4 Å². The van der Waals surface area contributed by atoms with Crippen LogP contribution in [0.25, 0.3) is 0 Å². The molecule has 5 atom stereocenters. The van der Waals surface area contributed by atoms with E-state index in [1.807, 2.05) is 0 Å². The number of H-pyrrole nitrogens is 1. The lowest BCUT2D eigenvalue weighted by molar-refractivity contribution is -0.165. The van der Waals surface area contributed by atoms with Crippen molar-refractivity contribution >= 4 is 41.3 Å². The van der Waals surface area contributed by atoms with E-state index >= 15 is 0 Å². The zero-order valence-electron chi connectivity index (χ0n) is 29.3. The lowest BCUT2D eigenvalue weighted by Gasteiger charge is -2.24. The molecular formula is C33H57N2O11PS2. The highest BCUT2D eigenvalue weighted by molar-refractivity contribution is 8.76. The van der Waals surface area contributed by atoms with E-state index in [4.69, 9.17) is 23.3 Å². The van der Waals surface area contributed by atoms with Gasteiger partial charge >= 0.3 is 25.5 Å². The zero-order chi connectivity index (χ0) is 35.9. The van der Waals surface area contributed by atoms with Gasteiger partial charge in [0.25, 0.3) is 5.56 Å². The van der Waals surface area contributed by atoms with Gasteiger partial charge in [-0.15, -0.1) is 0 Å². The maximum Gasteiger partial charge on any atom is 0.472 e. The topological polar surface area (TPSA) is 172 Å². The molecule has 2 heterocycles. The summed E-state index contributed by atoms with van der Waals surface area (Å²) in [4.78, 5) is 59.9. The summed E-state index contributed by atoms with van der Waals surface area (Å²) in [5.74, 6) is -0.0336. The molecule has 2 N–H and O–H groups in total. The van der Waals surface area contributed by atoms with E-state index in [-0.39, 0.29) is 6.61 Å². The monoisotopic (exact) mass is 752 g/mol. The summed E-state index contributed by atoms with van der Waals surface area (Å²) >= 11 is 0. The van der Waals surface area contributed by atoms with E-state index in [9.17, 15) is 28.6 Å². The van der Waals surface area contributed by atoms with Crippen molar-refractivity contribution < 1.29 is 42.3 Å². The summed E-state index contributed by atoms with van der Waals surface area (Å²) in [6, 6.07) is 1.06. The Morgan fingerprint density at radius 3 is 1.86 bits per heavy atom. The maximum absolute atomic E-state index is 12.6. The summed E-state index contributed by atoms with van der Waals surface area (Å²) in [6.45, 7) is 3.89. The number of hydrogen-bond acceptors (Lipinski definition) is 12. The fourth-order valence-corrected chi connectivity index (χ4v) is 8.39. The van der Waals surface area contributed by atoms with Crippen LogP contribution < -0.4 is 11.2 Å². The molecule has 1 aliphatic heterocycles. The Morgan fingerprint density at radius 1 is 0.816 bits per heavy atom. The summed E-state index contributed by atoms with van der Waals surface area (Å²) in [5.41, 5.74) is -1.52. The van der Waals surface area contributed by atoms with Gasteiger partial charge in [0.1, 0.15) is 6.10 Å². The molecule has 1 fully saturated rings. The number of nitrogens with one attached hydrogen (secondary N) is 1. The van der Waals surface area contributed by atoms with Gasteiger partial charge in [-0.2, -0.15) is 0 Å². The highest BCUT2D eigenvalue weighted by atomic mass is 33.1. The Bertz CT molecular complexity index is 1250. The van der Waals surface area contributed by atoms with Crippen LogP contribution in [0.5, 0.6) is 0 Å². The molecular weight excluding hydrogens is 695 g/mol. The van der Waals surface area contributed by atoms with E-state index < -0.39 is 62.2 Å². The molecule has 0 bridgehead atoms. The van der Waals surface area contributed by atoms with Crippen LogP contribution in [0.15, 0.2) is 21.9 Å². The second kappa shape index (κ2) is 25.4. The number of carbonyl (C=O) groups is 2. The Labute approximate surface area is 298 Å². The number of hydrogen-bond donors (Lipinski definition) is 2. The second-order valence-electron chi connectivity index (χ2n) is 12.3. The molecule has 49 heavy (non-hydrogen) atoms. The van der Waals surface area contributed by atoms with Crippen molar-refractivity contribution in [1.82, 2.24) is 9.55 Å². The number of esters is 2. The number of aromatic nitrogens is 2. The van der Waals surface area contributed by atoms with Gasteiger partial charge in [0.15, 0.2) is 18.4 Å². The lowest BCUT2D eigenvalue weighted by atomic mass is 10.0. The van der Waals surface area contributed by atoms with E-state index in [0.29, 0.717) is 5.75 Å². The molecule has 0 amide bonds. The van der Waals surface area contributed by atoms with E-state index in [1.165, 1.54) is 96.3 Å². The minimum Gasteiger partial charge on any atom is -0.456 e. The smallest absolute Gasteiger partial charge is 0.456 e. The molecule has 1 saturated heterocycles. The Morgan fingerprint density at radius 2 is 1.33 bits per heavy atom. The largest absolute Gasteiger partial charge is 0.472 e. The average molecular weight is 753 g/mol. The summed E-state index contributed by atoms with van der Waals surface area (Å²) in [5, 5.41) is 0. The third-order valence-corrected chi connectivity index (χ3v) is 11.4. The van der Waals surface area contributed by atoms with Gasteiger partial charge in [-0.1, -0.05) is 125 Å². The molecule has 0 radical (unpaired) electrons. The van der Waals surface area contributed by atoms with Crippen LogP contribution in [0.2, 0.25) is 0 Å². The Balaban J connectivity index is 1.59. The van der Waals surface area contributed by atoms with Gasteiger partial charge in [-0.05, 0) is 6.42 Å². The van der Waals surface area contributed by atoms with Crippen molar-refractivity contribution in [3.63, 3.8) is 0 Å². The highest BCUT2D eigenvalue weighted by Crippen LogP contribution is 2.45. The molecule has 1 aliphatic rings. The maximum atomic E-state index is 12.6. The fraction of sp³-hybridized carbons (Fsp3) is 0.818. The molecule has 1 aromatic heterocycles. The zero-order valence-corrected chi connectivity index (χ0v) is 31.9. The summed E-state index contributed by atoms with van der Waals surface area (Å²) < 4.78 is 40.1. The average Bonchev–Trinajstić information content (AvgIpc) is 3.35. The third-order valence-electron chi connectivity index (χ3n) is 8.00. The first-order valence-electron chi connectivity index (χ1n) is 17.7. The quantitative estimate of drug-likeness (QED) is 0.0386. The third kappa shape index (κ3) is 19.0. The predicted octanol–water partition coefficient (Wildman–Crippen LogP) is 7.07. The number of nitrogens with zero attached hydrogens (tertiary/aromatic N) is 1. The molecule has 2 rings (SSSR count). The minimum atomic E-state index is -4.52. The van der Waals surface area contributed by atoms with Crippen LogP contribution >= 0.6 is 29.4 Å². The van der Waals surface area contributed by atoms with Crippen molar-refractivity contribution in [2.24, 2.45) is 0 Å². The van der Waals surface area contributed by atoms with Crippen molar-refractivity contribution in [2.75, 3.05) is 24.7 Å². The first-order valence-corrected chi connectivity index (χ1v) is 21.7. The van der Waals surface area contributed by atoms with Crippen LogP contribution in [0.3, 0.4) is 0 Å². The van der Waals surface area contributed by atoms with Crippen LogP contribution in [0.1, 0.15) is 130 Å². The minimum absolute atomic E-state index is 0.0330. The number of phosphoric ester groups is 1. The SMILES string of the molecule is CCCCCCCCCCCCCCCCCCSSCCOP(=O)(O)OCC1OC(n2ccc(=O)[nH]c2=O)[C@H](OC(C)=O)[C@@H]1OC(C)=O. The van der Waals surface area contributed by atoms with Gasteiger partial charge in [-0.25, -0.2) is 9.36 Å². The number of carbonyl (C=O) groups excluding carboxylic acids is 2. The van der Waals surface area contributed by atoms with E-state index in [1.54, 1.807) is 21.6 Å². The fourth-order valence-electron chi connectivity index (χ4n) is 5.56. The number of ether oxygens (including phenoxy) is 3. The molecule has 0 aliphatic carbocycles. The molecule has 16 heteroatoms. The van der Waals surface area contributed by atoms with Gasteiger partial charge < -0.3 is 19.1 Å². The summed E-state index contributed by atoms with van der Waals surface area (Å²) in [6.07, 6.45) is 17.3. The van der Waals surface area contributed by atoms with Crippen LogP contribution in [0.4, 0.5) is 0 Å². The van der Waals surface area contributed by atoms with Crippen LogP contribution in [-0.2, 0) is 37.4 Å². The Hall–Kier alpha value is -1.61. The van der Waals surface area contributed by atoms with E-state index in [0.717, 1.165) is 42.9 Å². The first-order chi connectivity index (χ1) is 23.5. The molecule has 0 aromatic carbocycles. The van der Waals surface area contributed by atoms with Crippen molar-refractivity contribution in [3.05, 3.63) is 33.1 Å². The first kappa shape index (κ1) is 43.6.